The van der Waals surface area contributed by atoms with Crippen LogP contribution < -0.4 is 20.5 Å². The van der Waals surface area contributed by atoms with E-state index in [1.165, 1.54) is 5.56 Å². The molecule has 0 bridgehead atoms. The summed E-state index contributed by atoms with van der Waals surface area (Å²) in [6.07, 6.45) is 0.905. The summed E-state index contributed by atoms with van der Waals surface area (Å²) >= 11 is 2.26. The molecule has 1 heterocycles. The number of rotatable bonds is 4. The lowest BCUT2D eigenvalue weighted by Crippen LogP contribution is -2.15. The maximum Gasteiger partial charge on any atom is 0.161 e. The first kappa shape index (κ1) is 14.3. The average Bonchev–Trinajstić information content (AvgIpc) is 2.49. The van der Waals surface area contributed by atoms with Gasteiger partial charge in [0, 0.05) is 10.1 Å². The maximum atomic E-state index is 5.99. The van der Waals surface area contributed by atoms with Crippen molar-refractivity contribution in [3.63, 3.8) is 0 Å². The highest BCUT2D eigenvalue weighted by molar-refractivity contribution is 14.1. The van der Waals surface area contributed by atoms with E-state index in [0.29, 0.717) is 13.2 Å². The first-order chi connectivity index (χ1) is 10.2. The third kappa shape index (κ3) is 3.53. The molecule has 0 unspecified atom stereocenters. The zero-order valence-electron chi connectivity index (χ0n) is 11.6. The second-order valence-electron chi connectivity index (χ2n) is 4.89. The molecule has 5 heteroatoms. The Bertz CT molecular complexity index is 646. The Labute approximate surface area is 137 Å². The molecule has 3 N–H and O–H groups in total. The molecule has 0 saturated carbocycles. The van der Waals surface area contributed by atoms with Gasteiger partial charge in [-0.15, -0.1) is 0 Å². The standard InChI is InChI=1S/C16H17IN2O2/c17-12-2-3-14(13(18)10-12)19-6-5-11-1-4-15-16(9-11)21-8-7-20-15/h1-4,9-10,19H,5-8,18H2. The average molecular weight is 396 g/mol. The van der Waals surface area contributed by atoms with Gasteiger partial charge in [0.2, 0.25) is 0 Å². The van der Waals surface area contributed by atoms with Crippen LogP contribution in [0, 0.1) is 3.57 Å². The van der Waals surface area contributed by atoms with E-state index in [1.807, 2.05) is 30.3 Å². The van der Waals surface area contributed by atoms with Crippen LogP contribution in [0.5, 0.6) is 11.5 Å². The first-order valence-corrected chi connectivity index (χ1v) is 7.98. The fourth-order valence-electron chi connectivity index (χ4n) is 2.28. The van der Waals surface area contributed by atoms with E-state index in [2.05, 4.69) is 34.0 Å². The lowest BCUT2D eigenvalue weighted by Gasteiger charge is -2.19. The van der Waals surface area contributed by atoms with E-state index >= 15 is 0 Å². The van der Waals surface area contributed by atoms with Crippen LogP contribution in [0.2, 0.25) is 0 Å². The Balaban J connectivity index is 1.60. The van der Waals surface area contributed by atoms with Crippen molar-refractivity contribution in [1.29, 1.82) is 0 Å². The van der Waals surface area contributed by atoms with Crippen molar-refractivity contribution in [2.75, 3.05) is 30.8 Å². The molecule has 0 spiro atoms. The number of anilines is 2. The minimum absolute atomic E-state index is 0.619. The summed E-state index contributed by atoms with van der Waals surface area (Å²) in [4.78, 5) is 0. The molecule has 4 nitrogen and oxygen atoms in total. The van der Waals surface area contributed by atoms with Gasteiger partial charge in [-0.2, -0.15) is 0 Å². The molecule has 0 atom stereocenters. The monoisotopic (exact) mass is 396 g/mol. The van der Waals surface area contributed by atoms with Crippen LogP contribution in [-0.2, 0) is 6.42 Å². The van der Waals surface area contributed by atoms with Crippen LogP contribution in [0.1, 0.15) is 5.56 Å². The molecule has 0 radical (unpaired) electrons. The minimum Gasteiger partial charge on any atom is -0.486 e. The Morgan fingerprint density at radius 2 is 1.86 bits per heavy atom. The van der Waals surface area contributed by atoms with Crippen molar-refractivity contribution >= 4 is 34.0 Å². The van der Waals surface area contributed by atoms with E-state index in [-0.39, 0.29) is 0 Å². The predicted molar refractivity (Wildman–Crippen MR) is 93.2 cm³/mol. The molecule has 0 fully saturated rings. The summed E-state index contributed by atoms with van der Waals surface area (Å²) in [6.45, 7) is 2.07. The number of nitrogen functional groups attached to an aromatic ring is 1. The lowest BCUT2D eigenvalue weighted by molar-refractivity contribution is 0.171. The van der Waals surface area contributed by atoms with Gasteiger partial charge in [0.25, 0.3) is 0 Å². The Hall–Kier alpha value is -1.63. The summed E-state index contributed by atoms with van der Waals surface area (Å²) in [7, 11) is 0. The summed E-state index contributed by atoms with van der Waals surface area (Å²) in [5.74, 6) is 1.67. The van der Waals surface area contributed by atoms with Crippen LogP contribution >= 0.6 is 22.6 Å². The summed E-state index contributed by atoms with van der Waals surface area (Å²) in [5.41, 5.74) is 8.97. The van der Waals surface area contributed by atoms with Gasteiger partial charge in [-0.25, -0.2) is 0 Å². The fourth-order valence-corrected chi connectivity index (χ4v) is 2.79. The Morgan fingerprint density at radius 3 is 2.67 bits per heavy atom. The van der Waals surface area contributed by atoms with Crippen LogP contribution in [-0.4, -0.2) is 19.8 Å². The molecule has 2 aromatic rings. The zero-order chi connectivity index (χ0) is 14.7. The van der Waals surface area contributed by atoms with Crippen molar-refractivity contribution in [3.8, 4) is 11.5 Å². The van der Waals surface area contributed by atoms with Crippen molar-refractivity contribution in [1.82, 2.24) is 0 Å². The number of benzene rings is 2. The smallest absolute Gasteiger partial charge is 0.161 e. The molecule has 1 aliphatic heterocycles. The summed E-state index contributed by atoms with van der Waals surface area (Å²) < 4.78 is 12.3. The first-order valence-electron chi connectivity index (χ1n) is 6.90. The molecule has 0 aromatic heterocycles. The van der Waals surface area contributed by atoms with Crippen molar-refractivity contribution < 1.29 is 9.47 Å². The summed E-state index contributed by atoms with van der Waals surface area (Å²) in [6, 6.07) is 12.1. The molecular weight excluding hydrogens is 379 g/mol. The van der Waals surface area contributed by atoms with Gasteiger partial charge in [0.1, 0.15) is 13.2 Å². The molecular formula is C16H17IN2O2. The van der Waals surface area contributed by atoms with Gasteiger partial charge in [-0.3, -0.25) is 0 Å². The van der Waals surface area contributed by atoms with Gasteiger partial charge in [-0.05, 0) is 64.9 Å². The van der Waals surface area contributed by atoms with E-state index in [9.17, 15) is 0 Å². The van der Waals surface area contributed by atoms with Gasteiger partial charge in [0.05, 0.1) is 11.4 Å². The highest BCUT2D eigenvalue weighted by atomic mass is 127. The molecule has 1 aliphatic rings. The Kier molecular flexibility index (Phi) is 4.38. The topological polar surface area (TPSA) is 56.5 Å². The second-order valence-corrected chi connectivity index (χ2v) is 6.13. The van der Waals surface area contributed by atoms with Crippen LogP contribution in [0.15, 0.2) is 36.4 Å². The number of nitrogens with two attached hydrogens (primary N) is 1. The molecule has 3 rings (SSSR count). The number of halogens is 1. The molecule has 2 aromatic carbocycles. The van der Waals surface area contributed by atoms with Crippen LogP contribution in [0.25, 0.3) is 0 Å². The second kappa shape index (κ2) is 6.43. The maximum absolute atomic E-state index is 5.99. The lowest BCUT2D eigenvalue weighted by atomic mass is 10.1. The van der Waals surface area contributed by atoms with Crippen molar-refractivity contribution in [2.24, 2.45) is 0 Å². The fraction of sp³-hybridized carbons (Fsp3) is 0.250. The third-order valence-corrected chi connectivity index (χ3v) is 4.02. The van der Waals surface area contributed by atoms with Gasteiger partial charge in [0.15, 0.2) is 11.5 Å². The van der Waals surface area contributed by atoms with Crippen LogP contribution in [0.4, 0.5) is 11.4 Å². The number of hydrogen-bond acceptors (Lipinski definition) is 4. The molecule has 110 valence electrons. The van der Waals surface area contributed by atoms with E-state index in [1.54, 1.807) is 0 Å². The van der Waals surface area contributed by atoms with Crippen molar-refractivity contribution in [2.45, 2.75) is 6.42 Å². The number of fused-ring (bicyclic) bond motifs is 1. The van der Waals surface area contributed by atoms with E-state index in [0.717, 1.165) is 39.4 Å². The van der Waals surface area contributed by atoms with E-state index in [4.69, 9.17) is 15.2 Å². The minimum atomic E-state index is 0.619. The summed E-state index contributed by atoms with van der Waals surface area (Å²) in [5, 5.41) is 3.37. The van der Waals surface area contributed by atoms with Gasteiger partial charge < -0.3 is 20.5 Å². The number of nitrogens with one attached hydrogen (secondary N) is 1. The number of ether oxygens (including phenoxy) is 2. The van der Waals surface area contributed by atoms with Gasteiger partial charge in [-0.1, -0.05) is 6.07 Å². The van der Waals surface area contributed by atoms with E-state index < -0.39 is 0 Å². The van der Waals surface area contributed by atoms with Gasteiger partial charge >= 0.3 is 0 Å². The molecule has 0 aliphatic carbocycles. The molecule has 21 heavy (non-hydrogen) atoms. The highest BCUT2D eigenvalue weighted by Crippen LogP contribution is 2.31. The van der Waals surface area contributed by atoms with Crippen molar-refractivity contribution in [3.05, 3.63) is 45.5 Å². The molecule has 0 saturated heterocycles. The van der Waals surface area contributed by atoms with Crippen LogP contribution in [0.3, 0.4) is 0 Å². The normalized spacial score (nSPS) is 13.0. The number of hydrogen-bond donors (Lipinski definition) is 2. The predicted octanol–water partition coefficient (Wildman–Crippen LogP) is 3.30. The largest absolute Gasteiger partial charge is 0.486 e. The quantitative estimate of drug-likeness (QED) is 0.615. The molecule has 0 amide bonds. The zero-order valence-corrected chi connectivity index (χ0v) is 13.7. The highest BCUT2D eigenvalue weighted by Gasteiger charge is 2.11. The SMILES string of the molecule is Nc1cc(I)ccc1NCCc1ccc2c(c1)OCCO2. The third-order valence-electron chi connectivity index (χ3n) is 3.35. The Morgan fingerprint density at radius 1 is 1.05 bits per heavy atom.